The molecule has 0 saturated carbocycles. The van der Waals surface area contributed by atoms with Gasteiger partial charge in [0.05, 0.1) is 6.51 Å². The molecule has 0 aliphatic rings. The molecule has 2 N–H and O–H groups in total. The summed E-state index contributed by atoms with van der Waals surface area (Å²) in [5.41, 5.74) is 0. The largest absolute Gasteiger partial charge is 0.479 e. The number of rotatable bonds is 3. The quantitative estimate of drug-likeness (QED) is 0.271. The SMILES string of the molecule is C#CCOCB(O)O. The Morgan fingerprint density at radius 1 is 1.62 bits per heavy atom. The van der Waals surface area contributed by atoms with Gasteiger partial charge < -0.3 is 14.8 Å². The Morgan fingerprint density at radius 2 is 2.25 bits per heavy atom. The highest BCUT2D eigenvalue weighted by molar-refractivity contribution is 6.40. The smallest absolute Gasteiger partial charge is 0.426 e. The van der Waals surface area contributed by atoms with Crippen LogP contribution in [0.25, 0.3) is 0 Å². The van der Waals surface area contributed by atoms with Gasteiger partial charge in [0.25, 0.3) is 0 Å². The summed E-state index contributed by atoms with van der Waals surface area (Å²) in [5, 5.41) is 16.3. The van der Waals surface area contributed by atoms with Crippen LogP contribution in [-0.4, -0.2) is 30.3 Å². The molecule has 0 fully saturated rings. The van der Waals surface area contributed by atoms with Crippen LogP contribution in [0.2, 0.25) is 0 Å². The number of ether oxygens (including phenoxy) is 1. The van der Waals surface area contributed by atoms with Crippen molar-refractivity contribution in [2.45, 2.75) is 0 Å². The predicted molar refractivity (Wildman–Crippen MR) is 29.8 cm³/mol. The van der Waals surface area contributed by atoms with Gasteiger partial charge in [0, 0.05) is 0 Å². The molecule has 0 amide bonds. The molecule has 0 radical (unpaired) electrons. The maximum atomic E-state index is 8.14. The van der Waals surface area contributed by atoms with Gasteiger partial charge in [-0.2, -0.15) is 0 Å². The summed E-state index contributed by atoms with van der Waals surface area (Å²) in [5.74, 6) is 2.18. The molecule has 3 nitrogen and oxygen atoms in total. The third kappa shape index (κ3) is 5.50. The van der Waals surface area contributed by atoms with E-state index in [1.54, 1.807) is 0 Å². The van der Waals surface area contributed by atoms with E-state index in [2.05, 4.69) is 10.7 Å². The lowest BCUT2D eigenvalue weighted by atomic mass is 9.95. The van der Waals surface area contributed by atoms with Crippen LogP contribution in [0, 0.1) is 12.3 Å². The van der Waals surface area contributed by atoms with E-state index in [-0.39, 0.29) is 13.1 Å². The minimum Gasteiger partial charge on any atom is -0.426 e. The molecule has 4 heteroatoms. The molecule has 44 valence electrons. The van der Waals surface area contributed by atoms with Crippen molar-refractivity contribution in [3.8, 4) is 12.3 Å². The fraction of sp³-hybridized carbons (Fsp3) is 0.500. The summed E-state index contributed by atoms with van der Waals surface area (Å²) in [7, 11) is -1.41. The van der Waals surface area contributed by atoms with Crippen LogP contribution in [-0.2, 0) is 4.74 Å². The van der Waals surface area contributed by atoms with Gasteiger partial charge in [-0.05, 0) is 0 Å². The third-order valence-corrected chi connectivity index (χ3v) is 0.452. The van der Waals surface area contributed by atoms with E-state index in [4.69, 9.17) is 16.5 Å². The minimum absolute atomic E-state index is 0.121. The van der Waals surface area contributed by atoms with Gasteiger partial charge in [-0.25, -0.2) is 0 Å². The van der Waals surface area contributed by atoms with Crippen LogP contribution >= 0.6 is 0 Å². The molecule has 0 atom stereocenters. The molecule has 0 rings (SSSR count). The van der Waals surface area contributed by atoms with Crippen LogP contribution in [0.5, 0.6) is 0 Å². The molecule has 0 bridgehead atoms. The van der Waals surface area contributed by atoms with Gasteiger partial charge in [-0.15, -0.1) is 6.42 Å². The molecule has 0 heterocycles. The van der Waals surface area contributed by atoms with Gasteiger partial charge >= 0.3 is 7.12 Å². The standard InChI is InChI=1S/C4H7BO3/c1-2-3-8-4-5(6)7/h1,6-7H,3-4H2. The zero-order valence-corrected chi connectivity index (χ0v) is 4.37. The van der Waals surface area contributed by atoms with Crippen molar-refractivity contribution >= 4 is 7.12 Å². The lowest BCUT2D eigenvalue weighted by Gasteiger charge is -1.94. The van der Waals surface area contributed by atoms with Gasteiger partial charge in [0.2, 0.25) is 0 Å². The average Bonchev–Trinajstić information content (AvgIpc) is 1.66. The Labute approximate surface area is 48.4 Å². The molecule has 0 aromatic heterocycles. The third-order valence-electron chi connectivity index (χ3n) is 0.452. The van der Waals surface area contributed by atoms with Gasteiger partial charge in [-0.3, -0.25) is 0 Å². The van der Waals surface area contributed by atoms with E-state index in [0.717, 1.165) is 0 Å². The lowest BCUT2D eigenvalue weighted by molar-refractivity contribution is 0.186. The van der Waals surface area contributed by atoms with Crippen molar-refractivity contribution in [2.75, 3.05) is 13.1 Å². The lowest BCUT2D eigenvalue weighted by Crippen LogP contribution is -2.19. The topological polar surface area (TPSA) is 49.7 Å². The maximum absolute atomic E-state index is 8.14. The number of hydrogen-bond donors (Lipinski definition) is 2. The van der Waals surface area contributed by atoms with Gasteiger partial charge in [-0.1, -0.05) is 5.92 Å². The van der Waals surface area contributed by atoms with Crippen molar-refractivity contribution in [3.63, 3.8) is 0 Å². The highest BCUT2D eigenvalue weighted by atomic mass is 16.5. The summed E-state index contributed by atoms with van der Waals surface area (Å²) in [6, 6.07) is 0. The first-order valence-electron chi connectivity index (χ1n) is 2.14. The highest BCUT2D eigenvalue weighted by Gasteiger charge is 2.03. The van der Waals surface area contributed by atoms with E-state index in [0.29, 0.717) is 0 Å². The molecule has 0 saturated heterocycles. The van der Waals surface area contributed by atoms with E-state index in [1.165, 1.54) is 0 Å². The monoisotopic (exact) mass is 114 g/mol. The summed E-state index contributed by atoms with van der Waals surface area (Å²) in [4.78, 5) is 0. The van der Waals surface area contributed by atoms with Crippen molar-refractivity contribution in [1.82, 2.24) is 0 Å². The normalized spacial score (nSPS) is 8.12. The van der Waals surface area contributed by atoms with Crippen LogP contribution in [0.15, 0.2) is 0 Å². The first-order valence-corrected chi connectivity index (χ1v) is 2.14. The molecule has 0 aliphatic heterocycles. The molecule has 0 aromatic rings. The van der Waals surface area contributed by atoms with Gasteiger partial charge in [0.15, 0.2) is 0 Å². The van der Waals surface area contributed by atoms with E-state index < -0.39 is 7.12 Å². The molecular formula is C4H7BO3. The molecule has 8 heavy (non-hydrogen) atoms. The maximum Gasteiger partial charge on any atom is 0.479 e. The second kappa shape index (κ2) is 4.66. The zero-order valence-electron chi connectivity index (χ0n) is 4.37. The Hall–Kier alpha value is -0.495. The van der Waals surface area contributed by atoms with Crippen molar-refractivity contribution in [2.24, 2.45) is 0 Å². The second-order valence-corrected chi connectivity index (χ2v) is 1.20. The van der Waals surface area contributed by atoms with Crippen LogP contribution in [0.4, 0.5) is 0 Å². The molecule has 0 aromatic carbocycles. The van der Waals surface area contributed by atoms with E-state index in [9.17, 15) is 0 Å². The van der Waals surface area contributed by atoms with Crippen molar-refractivity contribution in [1.29, 1.82) is 0 Å². The summed E-state index contributed by atoms with van der Waals surface area (Å²) >= 11 is 0. The summed E-state index contributed by atoms with van der Waals surface area (Å²) in [6.07, 6.45) is 4.78. The first kappa shape index (κ1) is 7.50. The van der Waals surface area contributed by atoms with E-state index in [1.807, 2.05) is 0 Å². The highest BCUT2D eigenvalue weighted by Crippen LogP contribution is 1.72. The summed E-state index contributed by atoms with van der Waals surface area (Å²) < 4.78 is 4.51. The Bertz CT molecular complexity index is 85.8. The average molecular weight is 114 g/mol. The van der Waals surface area contributed by atoms with Gasteiger partial charge in [0.1, 0.15) is 6.61 Å². The van der Waals surface area contributed by atoms with Crippen LogP contribution in [0.3, 0.4) is 0 Å². The van der Waals surface area contributed by atoms with Crippen LogP contribution in [0.1, 0.15) is 0 Å². The molecule has 0 spiro atoms. The molecular weight excluding hydrogens is 107 g/mol. The molecule has 0 aliphatic carbocycles. The first-order chi connectivity index (χ1) is 3.77. The fourth-order valence-corrected chi connectivity index (χ4v) is 0.223. The fourth-order valence-electron chi connectivity index (χ4n) is 0.223. The Balaban J connectivity index is 2.85. The second-order valence-electron chi connectivity index (χ2n) is 1.20. The number of hydrogen-bond acceptors (Lipinski definition) is 3. The zero-order chi connectivity index (χ0) is 6.41. The minimum atomic E-state index is -1.41. The predicted octanol–water partition coefficient (Wildman–Crippen LogP) is -1.35. The number of terminal acetylenes is 1. The van der Waals surface area contributed by atoms with E-state index >= 15 is 0 Å². The summed E-state index contributed by atoms with van der Waals surface area (Å²) in [6.45, 7) is 0.00181. The van der Waals surface area contributed by atoms with Crippen molar-refractivity contribution in [3.05, 3.63) is 0 Å². The van der Waals surface area contributed by atoms with Crippen molar-refractivity contribution < 1.29 is 14.8 Å². The Kier molecular flexibility index (Phi) is 4.37. The van der Waals surface area contributed by atoms with Crippen LogP contribution < -0.4 is 0 Å². The Morgan fingerprint density at radius 3 is 2.62 bits per heavy atom. The molecule has 0 unspecified atom stereocenters.